The van der Waals surface area contributed by atoms with Crippen molar-refractivity contribution in [3.8, 4) is 44.9 Å². The summed E-state index contributed by atoms with van der Waals surface area (Å²) in [6.07, 6.45) is 0. The maximum absolute atomic E-state index is 7.60. The Kier molecular flexibility index (Phi) is 10.7. The molecule has 394 valence electrons. The van der Waals surface area contributed by atoms with E-state index in [0.29, 0.717) is 0 Å². The largest absolute Gasteiger partial charge is 0.456 e. The molecular formula is C74H61BN2O4. The molecule has 4 aromatic heterocycles. The first-order valence-corrected chi connectivity index (χ1v) is 28.3. The molecule has 6 nitrogen and oxygen atoms in total. The second kappa shape index (κ2) is 17.7. The maximum Gasteiger partial charge on any atom is 0.262 e. The second-order valence-corrected chi connectivity index (χ2v) is 25.3. The third-order valence-electron chi connectivity index (χ3n) is 17.0. The molecule has 0 atom stereocenters. The Hall–Kier alpha value is -9.20. The fourth-order valence-electron chi connectivity index (χ4n) is 12.6. The van der Waals surface area contributed by atoms with Crippen molar-refractivity contribution >= 4 is 101 Å². The average Bonchev–Trinajstić information content (AvgIpc) is 4.10. The third kappa shape index (κ3) is 7.84. The lowest BCUT2D eigenvalue weighted by atomic mass is 9.33. The van der Waals surface area contributed by atoms with Crippen molar-refractivity contribution in [3.05, 3.63) is 223 Å². The number of benzene rings is 9. The van der Waals surface area contributed by atoms with Crippen LogP contribution in [0.1, 0.15) is 79.0 Å². The molecule has 0 saturated heterocycles. The topological polar surface area (TPSA) is 59.0 Å². The molecular weight excluding hydrogens is 992 g/mol. The van der Waals surface area contributed by atoms with Crippen LogP contribution in [0.2, 0.25) is 0 Å². The van der Waals surface area contributed by atoms with E-state index in [1.807, 2.05) is 24.3 Å². The van der Waals surface area contributed by atoms with Gasteiger partial charge in [-0.05, 0) is 122 Å². The van der Waals surface area contributed by atoms with Crippen molar-refractivity contribution in [2.75, 3.05) is 9.80 Å². The summed E-state index contributed by atoms with van der Waals surface area (Å²) in [6, 6.07) is 74.4. The summed E-state index contributed by atoms with van der Waals surface area (Å²) in [5.41, 5.74) is 20.0. The predicted molar refractivity (Wildman–Crippen MR) is 337 cm³/mol. The van der Waals surface area contributed by atoms with Gasteiger partial charge in [0.1, 0.15) is 33.9 Å². The summed E-state index contributed by atoms with van der Waals surface area (Å²) in [4.78, 5) is 4.89. The van der Waals surface area contributed by atoms with Crippen LogP contribution in [0, 0.1) is 0 Å². The van der Waals surface area contributed by atoms with Gasteiger partial charge < -0.3 is 17.7 Å². The summed E-state index contributed by atoms with van der Waals surface area (Å²) in [7, 11) is 0. The van der Waals surface area contributed by atoms with Crippen LogP contribution in [0.5, 0.6) is 0 Å². The van der Waals surface area contributed by atoms with Crippen LogP contribution in [0.25, 0.3) is 88.8 Å². The zero-order valence-corrected chi connectivity index (χ0v) is 47.2. The first-order chi connectivity index (χ1) is 39.0. The first-order valence-electron chi connectivity index (χ1n) is 28.3. The lowest BCUT2D eigenvalue weighted by Gasteiger charge is -2.42. The number of fused-ring (bicyclic) bond motifs is 10. The van der Waals surface area contributed by atoms with Gasteiger partial charge in [0, 0.05) is 66.1 Å². The van der Waals surface area contributed by atoms with E-state index in [2.05, 4.69) is 254 Å². The maximum atomic E-state index is 7.60. The average molecular weight is 1050 g/mol. The van der Waals surface area contributed by atoms with Crippen molar-refractivity contribution in [2.45, 2.75) is 78.6 Å². The van der Waals surface area contributed by atoms with Crippen LogP contribution in [0.3, 0.4) is 0 Å². The minimum Gasteiger partial charge on any atom is -0.456 e. The van der Waals surface area contributed by atoms with Gasteiger partial charge in [0.25, 0.3) is 6.71 Å². The number of anilines is 6. The Morgan fingerprint density at radius 3 is 1.12 bits per heavy atom. The molecule has 0 bridgehead atoms. The molecule has 0 N–H and O–H groups in total. The van der Waals surface area contributed by atoms with Gasteiger partial charge >= 0.3 is 0 Å². The van der Waals surface area contributed by atoms with Crippen LogP contribution in [-0.2, 0) is 16.2 Å². The summed E-state index contributed by atoms with van der Waals surface area (Å²) < 4.78 is 28.6. The van der Waals surface area contributed by atoms with Gasteiger partial charge in [0.2, 0.25) is 11.8 Å². The van der Waals surface area contributed by atoms with E-state index < -0.39 is 0 Å². The molecule has 0 fully saturated rings. The monoisotopic (exact) mass is 1050 g/mol. The van der Waals surface area contributed by atoms with Gasteiger partial charge in [0.15, 0.2) is 0 Å². The Labute approximate surface area is 473 Å². The van der Waals surface area contributed by atoms with E-state index in [0.717, 1.165) is 140 Å². The minimum atomic E-state index is -0.327. The molecule has 81 heavy (non-hydrogen) atoms. The van der Waals surface area contributed by atoms with Crippen LogP contribution in [0.4, 0.5) is 34.5 Å². The molecule has 0 unspecified atom stereocenters. The van der Waals surface area contributed by atoms with Crippen molar-refractivity contribution in [3.63, 3.8) is 0 Å². The first kappa shape index (κ1) is 48.9. The van der Waals surface area contributed by atoms with Crippen molar-refractivity contribution in [2.24, 2.45) is 0 Å². The zero-order valence-electron chi connectivity index (χ0n) is 47.2. The molecule has 9 aromatic carbocycles. The summed E-state index contributed by atoms with van der Waals surface area (Å²) in [5, 5.41) is 4.27. The molecule has 13 aromatic rings. The molecule has 0 saturated carbocycles. The number of rotatable bonds is 6. The van der Waals surface area contributed by atoms with Gasteiger partial charge in [-0.15, -0.1) is 0 Å². The number of hydrogen-bond acceptors (Lipinski definition) is 6. The SMILES string of the molecule is CC(C)(C)c1cc2c3c(c1)N(c1cc(-c4cc5ccccc5o4)ccc1-c1ccccc1)c1oc4ccc(C(C)(C)C)cc4c1B3c1c(oc3ccc(C(C)(C)C)cc13)N2c1cc(-c2cc3ccccc3o2)ccc1-c1ccccc1. The fraction of sp³-hybridized carbons (Fsp3) is 0.162. The highest BCUT2D eigenvalue weighted by atomic mass is 16.4. The smallest absolute Gasteiger partial charge is 0.262 e. The second-order valence-electron chi connectivity index (χ2n) is 25.3. The highest BCUT2D eigenvalue weighted by molar-refractivity contribution is 7.02. The Morgan fingerprint density at radius 1 is 0.309 bits per heavy atom. The van der Waals surface area contributed by atoms with Gasteiger partial charge in [-0.3, -0.25) is 9.80 Å². The quantitative estimate of drug-likeness (QED) is 0.155. The van der Waals surface area contributed by atoms with Crippen LogP contribution in [0.15, 0.2) is 224 Å². The van der Waals surface area contributed by atoms with Crippen molar-refractivity contribution < 1.29 is 17.7 Å². The molecule has 0 radical (unpaired) electrons. The number of nitrogens with zero attached hydrogens (tertiary/aromatic N) is 2. The van der Waals surface area contributed by atoms with Gasteiger partial charge in [-0.1, -0.05) is 196 Å². The van der Waals surface area contributed by atoms with Gasteiger partial charge in [0.05, 0.1) is 11.4 Å². The molecule has 0 spiro atoms. The van der Waals surface area contributed by atoms with E-state index >= 15 is 0 Å². The van der Waals surface area contributed by atoms with E-state index in [1.54, 1.807) is 0 Å². The van der Waals surface area contributed by atoms with E-state index in [9.17, 15) is 0 Å². The van der Waals surface area contributed by atoms with Crippen LogP contribution >= 0.6 is 0 Å². The zero-order chi connectivity index (χ0) is 55.3. The Morgan fingerprint density at radius 2 is 0.716 bits per heavy atom. The highest BCUT2D eigenvalue weighted by Gasteiger charge is 2.50. The van der Waals surface area contributed by atoms with Gasteiger partial charge in [-0.2, -0.15) is 0 Å². The number of furan rings is 4. The molecule has 0 aliphatic carbocycles. The van der Waals surface area contributed by atoms with Crippen molar-refractivity contribution in [1.29, 1.82) is 0 Å². The lowest BCUT2D eigenvalue weighted by Crippen LogP contribution is -2.61. The molecule has 15 rings (SSSR count). The molecule has 2 aliphatic heterocycles. The highest BCUT2D eigenvalue weighted by Crippen LogP contribution is 2.53. The number of para-hydroxylation sites is 2. The Balaban J connectivity index is 1.11. The summed E-state index contributed by atoms with van der Waals surface area (Å²) >= 11 is 0. The molecule has 6 heterocycles. The molecule has 7 heteroatoms. The van der Waals surface area contributed by atoms with Gasteiger partial charge in [-0.25, -0.2) is 0 Å². The molecule has 0 amide bonds. The standard InChI is InChI=1S/C74H61BN2O4/c1-72(2,3)50-30-34-63-55(40-50)67-70(80-63)76(57-36-48(28-32-53(57)44-20-12-10-13-21-44)65-38-46-24-16-18-26-61(46)78-65)59-42-52(74(7,8)9)43-60-69(59)75(67)68-56-41-51(73(4,5)6)31-35-64(56)81-71(68)77(60)58-37-49(29-33-54(58)45-22-14-11-15-23-45)66-39-47-25-17-19-27-62(47)79-66/h10-43H,1-9H3. The fourth-order valence-corrected chi connectivity index (χ4v) is 12.6. The van der Waals surface area contributed by atoms with E-state index in [-0.39, 0.29) is 23.0 Å². The minimum absolute atomic E-state index is 0.143. The van der Waals surface area contributed by atoms with E-state index in [1.165, 1.54) is 16.7 Å². The normalized spacial score (nSPS) is 13.4. The summed E-state index contributed by atoms with van der Waals surface area (Å²) in [6.45, 7) is 20.4. The van der Waals surface area contributed by atoms with E-state index in [4.69, 9.17) is 17.7 Å². The number of hydrogen-bond donors (Lipinski definition) is 0. The van der Waals surface area contributed by atoms with Crippen molar-refractivity contribution in [1.82, 2.24) is 0 Å². The molecule has 2 aliphatic rings. The predicted octanol–water partition coefficient (Wildman–Crippen LogP) is 19.3. The van der Waals surface area contributed by atoms with Crippen LogP contribution in [-0.4, -0.2) is 6.71 Å². The lowest BCUT2D eigenvalue weighted by molar-refractivity contribution is 0.588. The Bertz CT molecular complexity index is 4310. The third-order valence-corrected chi connectivity index (χ3v) is 17.0. The van der Waals surface area contributed by atoms with Crippen LogP contribution < -0.4 is 26.2 Å². The summed E-state index contributed by atoms with van der Waals surface area (Å²) in [5.74, 6) is 3.15.